The molecule has 15 aromatic rings. The molecule has 104 heavy (non-hydrogen) atoms. The van der Waals surface area contributed by atoms with Crippen LogP contribution in [0.5, 0.6) is 0 Å². The molecular weight excluding hydrogens is 1250 g/mol. The molecule has 4 aliphatic rings. The van der Waals surface area contributed by atoms with Gasteiger partial charge in [-0.15, -0.1) is 0 Å². The maximum atomic E-state index is 2.75. The second kappa shape index (κ2) is 26.5. The van der Waals surface area contributed by atoms with Gasteiger partial charge in [-0.25, -0.2) is 0 Å². The summed E-state index contributed by atoms with van der Waals surface area (Å²) in [5.41, 5.74) is 38.5. The van der Waals surface area contributed by atoms with E-state index < -0.39 is 0 Å². The number of rotatable bonds is 16. The van der Waals surface area contributed by atoms with Crippen LogP contribution >= 0.6 is 0 Å². The van der Waals surface area contributed by atoms with E-state index in [1.165, 1.54) is 140 Å². The largest absolute Gasteiger partial charge is 0.311 e. The molecule has 0 radical (unpaired) electrons. The van der Waals surface area contributed by atoms with Crippen LogP contribution in [0, 0.1) is 0 Å². The van der Waals surface area contributed by atoms with Crippen molar-refractivity contribution < 1.29 is 0 Å². The standard InChI is InChI=1S/C98H76B2N4/c1-3-5-35-67-61-90-94-91(62-67)102(96-76(69-37-14-7-15-38-69)51-32-52-77(96)70-39-16-8-17-40-70)86-59-30-28-57-82(86)99(94)84-65-85-89(66-88(84)101(90)75-49-26-13-27-50-75)104(98-80(73-45-22-11-23-46-73)55-34-56-81(98)74-47-24-12-25-48-74)93-64-68(36-6-4-2)63-92-95(93)100(85)83-58-29-31-60-87(83)103(92)97-78(71-41-18-9-19-42-71)53-33-54-79(97)72-43-20-10-21-44-72/h7-34,37-66H,3-6,35-36H2,1-2H3. The Balaban J connectivity index is 0.961. The van der Waals surface area contributed by atoms with Crippen LogP contribution in [-0.2, 0) is 12.8 Å². The van der Waals surface area contributed by atoms with Gasteiger partial charge in [-0.3, -0.25) is 0 Å². The summed E-state index contributed by atoms with van der Waals surface area (Å²) >= 11 is 0. The lowest BCUT2D eigenvalue weighted by molar-refractivity contribution is 0.795. The van der Waals surface area contributed by atoms with E-state index in [-0.39, 0.29) is 13.4 Å². The van der Waals surface area contributed by atoms with Crippen LogP contribution in [-0.4, -0.2) is 13.4 Å². The van der Waals surface area contributed by atoms with Gasteiger partial charge in [0.2, 0.25) is 0 Å². The monoisotopic (exact) mass is 1330 g/mol. The molecule has 0 N–H and O–H groups in total. The molecule has 6 heteroatoms. The Morgan fingerprint density at radius 1 is 0.221 bits per heavy atom. The molecule has 0 saturated heterocycles. The molecule has 0 aromatic heterocycles. The van der Waals surface area contributed by atoms with Gasteiger partial charge in [0.25, 0.3) is 13.4 Å². The first-order chi connectivity index (χ1) is 51.6. The van der Waals surface area contributed by atoms with E-state index in [0.29, 0.717) is 0 Å². The third kappa shape index (κ3) is 10.4. The van der Waals surface area contributed by atoms with Crippen LogP contribution < -0.4 is 52.4 Å². The van der Waals surface area contributed by atoms with Crippen LogP contribution in [0.3, 0.4) is 0 Å². The Morgan fingerprint density at radius 2 is 0.490 bits per heavy atom. The lowest BCUT2D eigenvalue weighted by Crippen LogP contribution is -2.65. The van der Waals surface area contributed by atoms with Gasteiger partial charge in [0.05, 0.1) is 17.1 Å². The summed E-state index contributed by atoms with van der Waals surface area (Å²) in [6.45, 7) is 4.27. The third-order valence-electron chi connectivity index (χ3n) is 22.1. The number of nitrogens with zero attached hydrogens (tertiary/aromatic N) is 4. The van der Waals surface area contributed by atoms with Gasteiger partial charge in [0, 0.05) is 84.6 Å². The van der Waals surface area contributed by atoms with Crippen molar-refractivity contribution in [3.8, 4) is 66.8 Å². The average Bonchev–Trinajstić information content (AvgIpc) is 0.680. The summed E-state index contributed by atoms with van der Waals surface area (Å²) < 4.78 is 0. The number of hydrogen-bond donors (Lipinski definition) is 0. The van der Waals surface area contributed by atoms with Crippen molar-refractivity contribution in [1.29, 1.82) is 0 Å². The summed E-state index contributed by atoms with van der Waals surface area (Å²) in [6.07, 6.45) is 6.12. The van der Waals surface area contributed by atoms with Gasteiger partial charge in [0.1, 0.15) is 0 Å². The van der Waals surface area contributed by atoms with Crippen molar-refractivity contribution in [3.05, 3.63) is 363 Å². The van der Waals surface area contributed by atoms with E-state index in [1.54, 1.807) is 0 Å². The maximum absolute atomic E-state index is 2.75. The molecule has 0 aliphatic carbocycles. The molecule has 0 atom stereocenters. The summed E-state index contributed by atoms with van der Waals surface area (Å²) in [4.78, 5) is 10.8. The first kappa shape index (κ1) is 62.6. The van der Waals surface area contributed by atoms with Gasteiger partial charge < -0.3 is 19.6 Å². The molecule has 0 unspecified atom stereocenters. The lowest BCUT2D eigenvalue weighted by atomic mass is 9.30. The normalized spacial score (nSPS) is 12.8. The summed E-state index contributed by atoms with van der Waals surface area (Å²) in [6, 6.07) is 133. The first-order valence-corrected chi connectivity index (χ1v) is 37.3. The van der Waals surface area contributed by atoms with Gasteiger partial charge in [-0.05, 0) is 158 Å². The van der Waals surface area contributed by atoms with Crippen LogP contribution in [0.15, 0.2) is 352 Å². The van der Waals surface area contributed by atoms with Crippen molar-refractivity contribution in [2.75, 3.05) is 19.6 Å². The average molecular weight is 1330 g/mol. The molecule has 0 amide bonds. The molecule has 4 aliphatic heterocycles. The van der Waals surface area contributed by atoms with E-state index in [1.807, 2.05) is 0 Å². The fourth-order valence-corrected chi connectivity index (χ4v) is 17.6. The molecule has 4 nitrogen and oxygen atoms in total. The van der Waals surface area contributed by atoms with Crippen molar-refractivity contribution in [3.63, 3.8) is 0 Å². The van der Waals surface area contributed by atoms with Crippen LogP contribution in [0.2, 0.25) is 0 Å². The van der Waals surface area contributed by atoms with Crippen molar-refractivity contribution in [2.45, 2.75) is 52.4 Å². The van der Waals surface area contributed by atoms with E-state index >= 15 is 0 Å². The number of anilines is 12. The number of fused-ring (bicyclic) bond motifs is 8. The summed E-state index contributed by atoms with van der Waals surface area (Å²) in [7, 11) is 0. The number of benzene rings is 15. The first-order valence-electron chi connectivity index (χ1n) is 37.3. The quantitative estimate of drug-likeness (QED) is 0.0894. The van der Waals surface area contributed by atoms with Crippen LogP contribution in [0.4, 0.5) is 68.2 Å². The summed E-state index contributed by atoms with van der Waals surface area (Å²) in [5.74, 6) is 0. The van der Waals surface area contributed by atoms with Gasteiger partial charge >= 0.3 is 0 Å². The topological polar surface area (TPSA) is 13.0 Å². The fourth-order valence-electron chi connectivity index (χ4n) is 17.6. The van der Waals surface area contributed by atoms with E-state index in [2.05, 4.69) is 385 Å². The SMILES string of the molecule is CCCCc1cc2c3c(c1)N(c1c(-c4ccccc4)cccc1-c1ccccc1)c1ccccc1B3c1cc3c(cc1N2c1ccccc1)N(c1c(-c2ccccc2)cccc1-c1ccccc1)c1cc(CCCC)cc2c1B3c1ccccc1N2c1c(-c2ccccc2)cccc1-c1ccccc1. The van der Waals surface area contributed by atoms with E-state index in [4.69, 9.17) is 0 Å². The predicted molar refractivity (Wildman–Crippen MR) is 444 cm³/mol. The molecule has 0 fully saturated rings. The highest BCUT2D eigenvalue weighted by Crippen LogP contribution is 2.56. The minimum Gasteiger partial charge on any atom is -0.311 e. The van der Waals surface area contributed by atoms with Crippen molar-refractivity contribution in [1.82, 2.24) is 0 Å². The maximum Gasteiger partial charge on any atom is 0.252 e. The second-order valence-electron chi connectivity index (χ2n) is 28.2. The van der Waals surface area contributed by atoms with Gasteiger partial charge in [-0.1, -0.05) is 324 Å². The van der Waals surface area contributed by atoms with Crippen LogP contribution in [0.25, 0.3) is 66.8 Å². The second-order valence-corrected chi connectivity index (χ2v) is 28.2. The Morgan fingerprint density at radius 3 is 0.808 bits per heavy atom. The molecule has 4 heterocycles. The zero-order valence-electron chi connectivity index (χ0n) is 58.7. The Bertz CT molecular complexity index is 5560. The number of aryl methyl sites for hydroxylation is 2. The zero-order valence-corrected chi connectivity index (χ0v) is 58.7. The van der Waals surface area contributed by atoms with Crippen molar-refractivity contribution in [2.24, 2.45) is 0 Å². The summed E-state index contributed by atoms with van der Waals surface area (Å²) in [5, 5.41) is 0. The Kier molecular flexibility index (Phi) is 16.0. The number of unbranched alkanes of at least 4 members (excludes halogenated alkanes) is 2. The molecular formula is C98H76B2N4. The molecule has 0 saturated carbocycles. The smallest absolute Gasteiger partial charge is 0.252 e. The van der Waals surface area contributed by atoms with Gasteiger partial charge in [0.15, 0.2) is 0 Å². The predicted octanol–water partition coefficient (Wildman–Crippen LogP) is 22.5. The number of hydrogen-bond acceptors (Lipinski definition) is 4. The highest BCUT2D eigenvalue weighted by atomic mass is 15.2. The van der Waals surface area contributed by atoms with Gasteiger partial charge in [-0.2, -0.15) is 0 Å². The molecule has 494 valence electrons. The minimum absolute atomic E-state index is 0.180. The minimum atomic E-state index is -0.207. The molecule has 0 bridgehead atoms. The zero-order chi connectivity index (χ0) is 69.2. The Labute approximate surface area is 612 Å². The van der Waals surface area contributed by atoms with Crippen molar-refractivity contribution >= 4 is 114 Å². The molecule has 15 aromatic carbocycles. The van der Waals surface area contributed by atoms with E-state index in [9.17, 15) is 0 Å². The lowest BCUT2D eigenvalue weighted by Gasteiger charge is -2.48. The third-order valence-corrected chi connectivity index (χ3v) is 22.1. The number of para-hydroxylation sites is 6. The highest BCUT2D eigenvalue weighted by Gasteiger charge is 2.50. The highest BCUT2D eigenvalue weighted by molar-refractivity contribution is 7.03. The molecule has 0 spiro atoms. The van der Waals surface area contributed by atoms with Crippen LogP contribution in [0.1, 0.15) is 50.7 Å². The fraction of sp³-hybridized carbons (Fsp3) is 0.0816. The van der Waals surface area contributed by atoms with E-state index in [0.717, 1.165) is 77.8 Å². The molecule has 19 rings (SSSR count). The Hall–Kier alpha value is -12.4.